The van der Waals surface area contributed by atoms with Crippen molar-refractivity contribution in [3.8, 4) is 0 Å². The average Bonchev–Trinajstić information content (AvgIpc) is 2.36. The van der Waals surface area contributed by atoms with E-state index in [1.807, 2.05) is 0 Å². The van der Waals surface area contributed by atoms with Crippen LogP contribution in [0, 0.1) is 5.92 Å². The molecule has 0 aliphatic carbocycles. The van der Waals surface area contributed by atoms with Gasteiger partial charge in [-0.1, -0.05) is 18.2 Å². The van der Waals surface area contributed by atoms with E-state index in [4.69, 9.17) is 5.11 Å². The van der Waals surface area contributed by atoms with Crippen LogP contribution < -0.4 is 0 Å². The molecule has 18 heavy (non-hydrogen) atoms. The SMILES string of the molecule is CC(C(=O)O)C(O)COS(=O)(=O)c1ccccc1. The van der Waals surface area contributed by atoms with Gasteiger partial charge in [-0.15, -0.1) is 0 Å². The lowest BCUT2D eigenvalue weighted by Crippen LogP contribution is -2.30. The predicted molar refractivity (Wildman–Crippen MR) is 62.4 cm³/mol. The number of aliphatic carboxylic acids is 1. The van der Waals surface area contributed by atoms with Crippen molar-refractivity contribution in [2.24, 2.45) is 5.92 Å². The first-order valence-electron chi connectivity index (χ1n) is 5.20. The standard InChI is InChI=1S/C11H14O6S/c1-8(11(13)14)10(12)7-17-18(15,16)9-5-3-2-4-6-9/h2-6,8,10,12H,7H2,1H3,(H,13,14). The molecule has 0 aliphatic rings. The van der Waals surface area contributed by atoms with Crippen LogP contribution in [0.5, 0.6) is 0 Å². The Balaban J connectivity index is 2.66. The molecule has 0 radical (unpaired) electrons. The zero-order valence-corrected chi connectivity index (χ0v) is 10.5. The molecule has 0 aliphatic heterocycles. The molecule has 0 saturated heterocycles. The molecule has 7 heteroatoms. The molecule has 0 heterocycles. The van der Waals surface area contributed by atoms with E-state index in [2.05, 4.69) is 4.18 Å². The monoisotopic (exact) mass is 274 g/mol. The van der Waals surface area contributed by atoms with Crippen molar-refractivity contribution in [1.29, 1.82) is 0 Å². The fourth-order valence-electron chi connectivity index (χ4n) is 1.12. The summed E-state index contributed by atoms with van der Waals surface area (Å²) in [5, 5.41) is 18.1. The van der Waals surface area contributed by atoms with Crippen LogP contribution in [-0.4, -0.2) is 37.3 Å². The highest BCUT2D eigenvalue weighted by Gasteiger charge is 2.24. The minimum Gasteiger partial charge on any atom is -0.481 e. The Labute approximate surface area is 105 Å². The highest BCUT2D eigenvalue weighted by Crippen LogP contribution is 2.13. The minimum atomic E-state index is -3.97. The van der Waals surface area contributed by atoms with Gasteiger partial charge in [0.05, 0.1) is 23.5 Å². The molecule has 1 aromatic carbocycles. The number of carboxylic acid groups (broad SMARTS) is 1. The third kappa shape index (κ3) is 3.80. The Bertz CT molecular complexity index is 496. The maximum atomic E-state index is 11.6. The van der Waals surface area contributed by atoms with Gasteiger partial charge < -0.3 is 10.2 Å². The summed E-state index contributed by atoms with van der Waals surface area (Å²) in [6.45, 7) is 0.677. The number of aliphatic hydroxyl groups excluding tert-OH is 1. The summed E-state index contributed by atoms with van der Waals surface area (Å²) in [4.78, 5) is 10.5. The van der Waals surface area contributed by atoms with Crippen molar-refractivity contribution in [2.75, 3.05) is 6.61 Å². The Morgan fingerprint density at radius 2 is 1.89 bits per heavy atom. The third-order valence-electron chi connectivity index (χ3n) is 2.39. The summed E-state index contributed by atoms with van der Waals surface area (Å²) in [5.41, 5.74) is 0. The Kier molecular flexibility index (Phi) is 4.83. The van der Waals surface area contributed by atoms with E-state index in [0.29, 0.717) is 0 Å². The number of aliphatic hydroxyl groups is 1. The molecule has 6 nitrogen and oxygen atoms in total. The number of benzene rings is 1. The van der Waals surface area contributed by atoms with Crippen molar-refractivity contribution in [1.82, 2.24) is 0 Å². The molecule has 0 fully saturated rings. The molecule has 0 aromatic heterocycles. The Morgan fingerprint density at radius 1 is 1.33 bits per heavy atom. The molecule has 2 N–H and O–H groups in total. The highest BCUT2D eigenvalue weighted by atomic mass is 32.2. The fourth-order valence-corrected chi connectivity index (χ4v) is 2.07. The van der Waals surface area contributed by atoms with Crippen LogP contribution in [0.15, 0.2) is 35.2 Å². The van der Waals surface area contributed by atoms with Crippen LogP contribution in [0.2, 0.25) is 0 Å². The van der Waals surface area contributed by atoms with Crippen LogP contribution in [0.25, 0.3) is 0 Å². The van der Waals surface area contributed by atoms with E-state index in [1.54, 1.807) is 6.07 Å². The third-order valence-corrected chi connectivity index (χ3v) is 3.69. The lowest BCUT2D eigenvalue weighted by Gasteiger charge is -2.14. The van der Waals surface area contributed by atoms with Gasteiger partial charge in [-0.25, -0.2) is 0 Å². The molecular weight excluding hydrogens is 260 g/mol. The van der Waals surface area contributed by atoms with E-state index in [9.17, 15) is 18.3 Å². The summed E-state index contributed by atoms with van der Waals surface area (Å²) >= 11 is 0. The van der Waals surface area contributed by atoms with Crippen LogP contribution in [0.1, 0.15) is 6.92 Å². The summed E-state index contributed by atoms with van der Waals surface area (Å²) in [7, 11) is -3.97. The lowest BCUT2D eigenvalue weighted by molar-refractivity contribution is -0.145. The van der Waals surface area contributed by atoms with Gasteiger partial charge in [0.15, 0.2) is 0 Å². The van der Waals surface area contributed by atoms with Gasteiger partial charge in [0.25, 0.3) is 10.1 Å². The van der Waals surface area contributed by atoms with Crippen LogP contribution >= 0.6 is 0 Å². The molecule has 0 spiro atoms. The number of hydrogen-bond donors (Lipinski definition) is 2. The molecule has 0 saturated carbocycles. The van der Waals surface area contributed by atoms with Crippen molar-refractivity contribution in [3.05, 3.63) is 30.3 Å². The molecule has 100 valence electrons. The van der Waals surface area contributed by atoms with Gasteiger partial charge in [0, 0.05) is 0 Å². The van der Waals surface area contributed by atoms with Crippen LogP contribution in [0.4, 0.5) is 0 Å². The van der Waals surface area contributed by atoms with Gasteiger partial charge in [0.2, 0.25) is 0 Å². The first-order chi connectivity index (χ1) is 8.34. The number of carbonyl (C=O) groups is 1. The van der Waals surface area contributed by atoms with Gasteiger partial charge in [-0.05, 0) is 19.1 Å². The average molecular weight is 274 g/mol. The van der Waals surface area contributed by atoms with Gasteiger partial charge >= 0.3 is 5.97 Å². The maximum Gasteiger partial charge on any atom is 0.308 e. The van der Waals surface area contributed by atoms with E-state index in [1.165, 1.54) is 31.2 Å². The zero-order valence-electron chi connectivity index (χ0n) is 9.68. The molecule has 2 unspecified atom stereocenters. The summed E-state index contributed by atoms with van der Waals surface area (Å²) in [6.07, 6.45) is -1.39. The first-order valence-corrected chi connectivity index (χ1v) is 6.61. The fraction of sp³-hybridized carbons (Fsp3) is 0.364. The Hall–Kier alpha value is -1.44. The highest BCUT2D eigenvalue weighted by molar-refractivity contribution is 7.86. The molecule has 0 bridgehead atoms. The van der Waals surface area contributed by atoms with E-state index < -0.39 is 34.7 Å². The first kappa shape index (κ1) is 14.6. The second-order valence-electron chi connectivity index (χ2n) is 3.75. The predicted octanol–water partition coefficient (Wildman–Crippen LogP) is 0.473. The van der Waals surface area contributed by atoms with Crippen LogP contribution in [0.3, 0.4) is 0 Å². The van der Waals surface area contributed by atoms with Crippen molar-refractivity contribution >= 4 is 16.1 Å². The van der Waals surface area contributed by atoms with E-state index >= 15 is 0 Å². The van der Waals surface area contributed by atoms with Crippen molar-refractivity contribution < 1.29 is 27.6 Å². The smallest absolute Gasteiger partial charge is 0.308 e. The van der Waals surface area contributed by atoms with E-state index in [-0.39, 0.29) is 4.90 Å². The maximum absolute atomic E-state index is 11.6. The second kappa shape index (κ2) is 5.94. The lowest BCUT2D eigenvalue weighted by atomic mass is 10.1. The van der Waals surface area contributed by atoms with Gasteiger partial charge in [-0.3, -0.25) is 8.98 Å². The summed E-state index contributed by atoms with van der Waals surface area (Å²) in [5.74, 6) is -2.32. The number of rotatable bonds is 6. The summed E-state index contributed by atoms with van der Waals surface area (Å²) in [6, 6.07) is 7.42. The van der Waals surface area contributed by atoms with Crippen molar-refractivity contribution in [3.63, 3.8) is 0 Å². The molecule has 1 rings (SSSR count). The number of hydrogen-bond acceptors (Lipinski definition) is 5. The van der Waals surface area contributed by atoms with Crippen molar-refractivity contribution in [2.45, 2.75) is 17.9 Å². The normalized spacial score (nSPS) is 15.0. The topological polar surface area (TPSA) is 101 Å². The quantitative estimate of drug-likeness (QED) is 0.731. The zero-order chi connectivity index (χ0) is 13.8. The summed E-state index contributed by atoms with van der Waals surface area (Å²) < 4.78 is 27.9. The van der Waals surface area contributed by atoms with Gasteiger partial charge in [-0.2, -0.15) is 8.42 Å². The Morgan fingerprint density at radius 3 is 2.39 bits per heavy atom. The van der Waals surface area contributed by atoms with Gasteiger partial charge in [0.1, 0.15) is 0 Å². The van der Waals surface area contributed by atoms with Crippen LogP contribution in [-0.2, 0) is 19.1 Å². The van der Waals surface area contributed by atoms with E-state index in [0.717, 1.165) is 0 Å². The molecule has 0 amide bonds. The molecule has 1 aromatic rings. The second-order valence-corrected chi connectivity index (χ2v) is 5.36. The number of carboxylic acids is 1. The molecule has 2 atom stereocenters. The minimum absolute atomic E-state index is 0.0415. The largest absolute Gasteiger partial charge is 0.481 e. The molecular formula is C11H14O6S.